The van der Waals surface area contributed by atoms with Crippen molar-refractivity contribution < 1.29 is 9.85 Å². The van der Waals surface area contributed by atoms with Crippen LogP contribution in [0.15, 0.2) is 142 Å². The third-order valence-electron chi connectivity index (χ3n) is 10.6. The SMILES string of the molecule is Cc1ccc(-c2csc(-n3[nH]c(-c4ccc([N+](=O)[O-])cc4)c(C(c4ccc(C)cc4)c4c(-c5ccc([N+](=O)[O-])cc5)[nH]n(-c5nc(-c6ccc(C)cc6)cs5)c4=O)c3=O)n2)cc1. The van der Waals surface area contributed by atoms with Gasteiger partial charge in [-0.25, -0.2) is 9.97 Å². The number of hydrogen-bond donors (Lipinski definition) is 2. The molecule has 0 aliphatic heterocycles. The Kier molecular flexibility index (Phi) is 10.2. The van der Waals surface area contributed by atoms with Crippen LogP contribution in [0.1, 0.15) is 39.3 Å². The summed E-state index contributed by atoms with van der Waals surface area (Å²) in [5, 5.41) is 34.4. The molecule has 2 N–H and O–H groups in total. The van der Waals surface area contributed by atoms with E-state index in [0.717, 1.165) is 27.8 Å². The summed E-state index contributed by atoms with van der Waals surface area (Å²) in [4.78, 5) is 62.8. The first-order valence-corrected chi connectivity index (χ1v) is 21.0. The van der Waals surface area contributed by atoms with Crippen molar-refractivity contribution in [2.24, 2.45) is 0 Å². The van der Waals surface area contributed by atoms with Gasteiger partial charge in [0.2, 0.25) is 10.3 Å². The lowest BCUT2D eigenvalue weighted by Crippen LogP contribution is -2.25. The topological polar surface area (TPSA) is 188 Å². The molecule has 0 aliphatic rings. The maximum absolute atomic E-state index is 15.3. The van der Waals surface area contributed by atoms with Crippen LogP contribution < -0.4 is 11.1 Å². The molecule has 62 heavy (non-hydrogen) atoms. The Labute approximate surface area is 360 Å². The maximum atomic E-state index is 15.3. The standard InChI is InChI=1S/C46H34N8O6S2/c1-26-4-10-29(11-5-26)36-24-61-45(47-36)51-43(55)39(41(49-51)32-16-20-34(21-17-32)53(57)58)38(31-14-8-28(3)9-15-31)40-42(33-18-22-35(23-19-33)54(59)60)50-52(44(40)56)46-48-37(25-62-46)30-12-6-27(2)7-13-30/h4-25,38,49-50H,1-3H3. The van der Waals surface area contributed by atoms with Crippen molar-refractivity contribution in [3.05, 3.63) is 206 Å². The van der Waals surface area contributed by atoms with E-state index in [9.17, 15) is 20.2 Å². The highest BCUT2D eigenvalue weighted by atomic mass is 32.1. The minimum atomic E-state index is -1.07. The number of nitro groups is 2. The molecule has 0 fully saturated rings. The smallest absolute Gasteiger partial charge is 0.278 e. The van der Waals surface area contributed by atoms with Gasteiger partial charge in [0, 0.05) is 63.2 Å². The van der Waals surface area contributed by atoms with Gasteiger partial charge >= 0.3 is 0 Å². The lowest BCUT2D eigenvalue weighted by atomic mass is 9.83. The second kappa shape index (κ2) is 16.0. The van der Waals surface area contributed by atoms with Crippen molar-refractivity contribution in [1.82, 2.24) is 29.5 Å². The first-order chi connectivity index (χ1) is 29.9. The number of H-pyrrole nitrogens is 2. The monoisotopic (exact) mass is 858 g/mol. The van der Waals surface area contributed by atoms with Crippen LogP contribution in [0.5, 0.6) is 0 Å². The first-order valence-electron chi connectivity index (χ1n) is 19.3. The molecule has 0 unspecified atom stereocenters. The fraction of sp³-hybridized carbons (Fsp3) is 0.0870. The highest BCUT2D eigenvalue weighted by Gasteiger charge is 2.35. The van der Waals surface area contributed by atoms with Gasteiger partial charge in [0.05, 0.1) is 43.7 Å². The van der Waals surface area contributed by atoms with Gasteiger partial charge in [-0.15, -0.1) is 22.7 Å². The molecular weight excluding hydrogens is 825 g/mol. The third kappa shape index (κ3) is 7.37. The summed E-state index contributed by atoms with van der Waals surface area (Å²) < 4.78 is 2.67. The van der Waals surface area contributed by atoms with E-state index >= 15 is 9.59 Å². The van der Waals surface area contributed by atoms with Gasteiger partial charge in [0.15, 0.2) is 0 Å². The number of benzene rings is 5. The molecule has 0 saturated heterocycles. The average molecular weight is 859 g/mol. The molecular formula is C46H34N8O6S2. The molecule has 0 saturated carbocycles. The highest BCUT2D eigenvalue weighted by Crippen LogP contribution is 2.40. The van der Waals surface area contributed by atoms with Crippen molar-refractivity contribution in [2.45, 2.75) is 26.7 Å². The molecule has 0 atom stereocenters. The van der Waals surface area contributed by atoms with Gasteiger partial charge in [-0.05, 0) is 50.6 Å². The van der Waals surface area contributed by atoms with E-state index in [4.69, 9.17) is 9.97 Å². The second-order valence-electron chi connectivity index (χ2n) is 14.8. The van der Waals surface area contributed by atoms with Crippen molar-refractivity contribution in [1.29, 1.82) is 0 Å². The zero-order valence-electron chi connectivity index (χ0n) is 33.2. The summed E-state index contributed by atoms with van der Waals surface area (Å²) in [6.07, 6.45) is 0. The number of nitro benzene ring substituents is 2. The van der Waals surface area contributed by atoms with Crippen LogP contribution in [-0.2, 0) is 0 Å². The van der Waals surface area contributed by atoms with Crippen LogP contribution in [0.25, 0.3) is 55.3 Å². The normalized spacial score (nSPS) is 11.4. The van der Waals surface area contributed by atoms with Crippen LogP contribution in [-0.4, -0.2) is 39.4 Å². The van der Waals surface area contributed by atoms with Crippen LogP contribution >= 0.6 is 22.7 Å². The van der Waals surface area contributed by atoms with Crippen molar-refractivity contribution in [3.8, 4) is 55.3 Å². The zero-order chi connectivity index (χ0) is 43.2. The van der Waals surface area contributed by atoms with Gasteiger partial charge < -0.3 is 0 Å². The molecule has 9 aromatic rings. The van der Waals surface area contributed by atoms with E-state index in [-0.39, 0.29) is 22.5 Å². The average Bonchev–Trinajstić information content (AvgIpc) is 4.09. The number of aromatic nitrogens is 6. The first kappa shape index (κ1) is 39.6. The Bertz CT molecular complexity index is 3050. The van der Waals surface area contributed by atoms with Crippen LogP contribution in [0.2, 0.25) is 0 Å². The summed E-state index contributed by atoms with van der Waals surface area (Å²) in [6.45, 7) is 5.91. The quantitative estimate of drug-likeness (QED) is 0.0949. The fourth-order valence-corrected chi connectivity index (χ4v) is 8.91. The van der Waals surface area contributed by atoms with Gasteiger partial charge in [-0.1, -0.05) is 89.5 Å². The van der Waals surface area contributed by atoms with E-state index in [1.54, 1.807) is 24.3 Å². The number of nitrogens with one attached hydrogen (secondary N) is 2. The van der Waals surface area contributed by atoms with Gasteiger partial charge in [-0.2, -0.15) is 9.36 Å². The lowest BCUT2D eigenvalue weighted by molar-refractivity contribution is -0.385. The Balaban J connectivity index is 1.31. The Morgan fingerprint density at radius 1 is 0.516 bits per heavy atom. The number of aryl methyl sites for hydroxylation is 3. The highest BCUT2D eigenvalue weighted by molar-refractivity contribution is 7.12. The van der Waals surface area contributed by atoms with Crippen LogP contribution in [0.4, 0.5) is 11.4 Å². The molecule has 4 aromatic heterocycles. The Morgan fingerprint density at radius 2 is 0.855 bits per heavy atom. The van der Waals surface area contributed by atoms with Crippen molar-refractivity contribution in [3.63, 3.8) is 0 Å². The Morgan fingerprint density at radius 3 is 1.21 bits per heavy atom. The number of aromatic amines is 2. The summed E-state index contributed by atoms with van der Waals surface area (Å²) >= 11 is 2.50. The minimum absolute atomic E-state index is 0.141. The molecule has 4 heterocycles. The number of thiazole rings is 2. The molecule has 16 heteroatoms. The van der Waals surface area contributed by atoms with Gasteiger partial charge in [0.1, 0.15) is 0 Å². The molecule has 0 aliphatic carbocycles. The largest absolute Gasteiger partial charge is 0.288 e. The summed E-state index contributed by atoms with van der Waals surface area (Å²) in [6, 6.07) is 34.8. The predicted octanol–water partition coefficient (Wildman–Crippen LogP) is 10.1. The van der Waals surface area contributed by atoms with E-state index in [2.05, 4.69) is 10.2 Å². The van der Waals surface area contributed by atoms with Gasteiger partial charge in [0.25, 0.3) is 22.5 Å². The summed E-state index contributed by atoms with van der Waals surface area (Å²) in [5.74, 6) is -1.07. The molecule has 306 valence electrons. The lowest BCUT2D eigenvalue weighted by Gasteiger charge is -2.18. The summed E-state index contributed by atoms with van der Waals surface area (Å²) in [7, 11) is 0. The second-order valence-corrected chi connectivity index (χ2v) is 16.5. The zero-order valence-corrected chi connectivity index (χ0v) is 34.9. The molecule has 14 nitrogen and oxygen atoms in total. The maximum Gasteiger partial charge on any atom is 0.278 e. The van der Waals surface area contributed by atoms with E-state index in [0.29, 0.717) is 49.7 Å². The van der Waals surface area contributed by atoms with E-state index in [1.165, 1.54) is 56.3 Å². The molecule has 0 radical (unpaired) electrons. The molecule has 0 bridgehead atoms. The van der Waals surface area contributed by atoms with Crippen LogP contribution in [0, 0.1) is 41.0 Å². The molecule has 5 aromatic carbocycles. The van der Waals surface area contributed by atoms with E-state index < -0.39 is 26.9 Å². The number of hydrogen-bond acceptors (Lipinski definition) is 10. The van der Waals surface area contributed by atoms with Crippen LogP contribution in [0.3, 0.4) is 0 Å². The third-order valence-corrected chi connectivity index (χ3v) is 12.3. The number of non-ortho nitro benzene ring substituents is 2. The molecule has 9 rings (SSSR count). The van der Waals surface area contributed by atoms with Gasteiger partial charge in [-0.3, -0.25) is 40.0 Å². The van der Waals surface area contributed by atoms with Crippen molar-refractivity contribution in [2.75, 3.05) is 0 Å². The molecule has 0 amide bonds. The minimum Gasteiger partial charge on any atom is -0.288 e. The molecule has 0 spiro atoms. The summed E-state index contributed by atoms with van der Waals surface area (Å²) in [5.41, 5.74) is 7.28. The fourth-order valence-electron chi connectivity index (χ4n) is 7.33. The predicted molar refractivity (Wildman–Crippen MR) is 241 cm³/mol. The van der Waals surface area contributed by atoms with Crippen molar-refractivity contribution >= 4 is 34.0 Å². The number of rotatable bonds is 11. The Hall–Kier alpha value is -7.82. The number of nitrogens with zero attached hydrogens (tertiary/aromatic N) is 6. The van der Waals surface area contributed by atoms with E-state index in [1.807, 2.05) is 104 Å².